The molecule has 0 radical (unpaired) electrons. The van der Waals surface area contributed by atoms with Gasteiger partial charge >= 0.3 is 0 Å². The number of hydrogen-bond donors (Lipinski definition) is 3. The predicted octanol–water partition coefficient (Wildman–Crippen LogP) is 3.26. The first-order chi connectivity index (χ1) is 14.6. The van der Waals surface area contributed by atoms with Gasteiger partial charge in [-0.1, -0.05) is 30.3 Å². The van der Waals surface area contributed by atoms with E-state index in [1.165, 1.54) is 25.0 Å². The number of hydrogen-bond acceptors (Lipinski definition) is 3. The third-order valence-electron chi connectivity index (χ3n) is 4.83. The topological polar surface area (TPSA) is 74.8 Å². The summed E-state index contributed by atoms with van der Waals surface area (Å²) in [5.41, 5.74) is 1.86. The Morgan fingerprint density at radius 2 is 1.77 bits per heavy atom. The molecule has 1 saturated carbocycles. The quantitative estimate of drug-likeness (QED) is 0.187. The van der Waals surface area contributed by atoms with E-state index in [0.29, 0.717) is 31.5 Å². The zero-order chi connectivity index (χ0) is 21.2. The highest BCUT2D eigenvalue weighted by Crippen LogP contribution is 2.30. The standard InChI is InChI=1S/C23H29FN4O2.HI/c1-25-23(27-13-12-26-22(29)14-17-8-10-20(24)11-9-17)28-15-19-4-2-3-5-21(19)30-16-18-6-7-18;/h2-5,8-11,18H,6-7,12-16H2,1H3,(H,26,29)(H2,25,27,28);1H. The lowest BCUT2D eigenvalue weighted by molar-refractivity contribution is -0.120. The van der Waals surface area contributed by atoms with Crippen molar-refractivity contribution in [3.63, 3.8) is 0 Å². The number of aliphatic imine (C=N–C) groups is 1. The monoisotopic (exact) mass is 540 g/mol. The Morgan fingerprint density at radius 3 is 2.48 bits per heavy atom. The van der Waals surface area contributed by atoms with Gasteiger partial charge in [0, 0.05) is 32.2 Å². The Kier molecular flexibility index (Phi) is 10.6. The molecular formula is C23H30FIN4O2. The fraction of sp³-hybridized carbons (Fsp3) is 0.391. The first kappa shape index (κ1) is 24.9. The van der Waals surface area contributed by atoms with Gasteiger partial charge < -0.3 is 20.7 Å². The van der Waals surface area contributed by atoms with E-state index in [0.717, 1.165) is 23.5 Å². The second-order valence-electron chi connectivity index (χ2n) is 7.37. The molecule has 2 aromatic rings. The molecule has 1 fully saturated rings. The third kappa shape index (κ3) is 9.12. The van der Waals surface area contributed by atoms with Gasteiger partial charge in [0.2, 0.25) is 5.91 Å². The van der Waals surface area contributed by atoms with Gasteiger partial charge in [-0.15, -0.1) is 24.0 Å². The lowest BCUT2D eigenvalue weighted by Gasteiger charge is -2.15. The van der Waals surface area contributed by atoms with E-state index in [9.17, 15) is 9.18 Å². The number of nitrogens with one attached hydrogen (secondary N) is 3. The van der Waals surface area contributed by atoms with Crippen LogP contribution in [-0.2, 0) is 17.8 Å². The Labute approximate surface area is 200 Å². The second-order valence-corrected chi connectivity index (χ2v) is 7.37. The Balaban J connectivity index is 0.00000341. The van der Waals surface area contributed by atoms with Crippen LogP contribution in [0.5, 0.6) is 5.75 Å². The molecule has 3 N–H and O–H groups in total. The smallest absolute Gasteiger partial charge is 0.224 e. The number of para-hydroxylation sites is 1. The maximum absolute atomic E-state index is 12.9. The van der Waals surface area contributed by atoms with Crippen LogP contribution in [0.25, 0.3) is 0 Å². The van der Waals surface area contributed by atoms with Crippen molar-refractivity contribution in [2.75, 3.05) is 26.7 Å². The van der Waals surface area contributed by atoms with E-state index >= 15 is 0 Å². The highest BCUT2D eigenvalue weighted by Gasteiger charge is 2.22. The molecule has 0 bridgehead atoms. The van der Waals surface area contributed by atoms with Crippen LogP contribution in [0.1, 0.15) is 24.0 Å². The van der Waals surface area contributed by atoms with Crippen LogP contribution in [0.3, 0.4) is 0 Å². The highest BCUT2D eigenvalue weighted by molar-refractivity contribution is 14.0. The minimum Gasteiger partial charge on any atom is -0.493 e. The van der Waals surface area contributed by atoms with Gasteiger partial charge in [-0.2, -0.15) is 0 Å². The molecule has 1 aliphatic rings. The summed E-state index contributed by atoms with van der Waals surface area (Å²) in [6, 6.07) is 14.0. The van der Waals surface area contributed by atoms with E-state index in [1.807, 2.05) is 24.3 Å². The number of benzene rings is 2. The molecule has 1 amide bonds. The van der Waals surface area contributed by atoms with Crippen LogP contribution in [0.15, 0.2) is 53.5 Å². The number of nitrogens with zero attached hydrogens (tertiary/aromatic N) is 1. The van der Waals surface area contributed by atoms with Gasteiger partial charge in [-0.25, -0.2) is 4.39 Å². The van der Waals surface area contributed by atoms with Crippen molar-refractivity contribution in [1.82, 2.24) is 16.0 Å². The molecule has 8 heteroatoms. The molecule has 0 spiro atoms. The maximum atomic E-state index is 12.9. The van der Waals surface area contributed by atoms with Crippen molar-refractivity contribution in [2.45, 2.75) is 25.8 Å². The summed E-state index contributed by atoms with van der Waals surface area (Å²) in [6.07, 6.45) is 2.75. The average molecular weight is 540 g/mol. The Hall–Kier alpha value is -2.36. The zero-order valence-electron chi connectivity index (χ0n) is 17.7. The molecule has 2 aromatic carbocycles. The minimum atomic E-state index is -0.306. The van der Waals surface area contributed by atoms with Crippen LogP contribution in [0.2, 0.25) is 0 Å². The molecule has 6 nitrogen and oxygen atoms in total. The summed E-state index contributed by atoms with van der Waals surface area (Å²) < 4.78 is 18.9. The first-order valence-corrected chi connectivity index (χ1v) is 10.3. The van der Waals surface area contributed by atoms with E-state index in [-0.39, 0.29) is 42.1 Å². The van der Waals surface area contributed by atoms with Gasteiger partial charge in [0.15, 0.2) is 5.96 Å². The normalized spacial score (nSPS) is 13.2. The van der Waals surface area contributed by atoms with Gasteiger partial charge in [0.1, 0.15) is 11.6 Å². The van der Waals surface area contributed by atoms with E-state index in [4.69, 9.17) is 4.74 Å². The van der Waals surface area contributed by atoms with Crippen molar-refractivity contribution in [3.8, 4) is 5.75 Å². The number of rotatable bonds is 10. The average Bonchev–Trinajstić information content (AvgIpc) is 3.58. The van der Waals surface area contributed by atoms with Crippen LogP contribution in [-0.4, -0.2) is 38.6 Å². The molecule has 3 rings (SSSR count). The predicted molar refractivity (Wildman–Crippen MR) is 131 cm³/mol. The van der Waals surface area contributed by atoms with Crippen LogP contribution < -0.4 is 20.7 Å². The lowest BCUT2D eigenvalue weighted by atomic mass is 10.1. The fourth-order valence-corrected chi connectivity index (χ4v) is 2.92. The molecule has 31 heavy (non-hydrogen) atoms. The first-order valence-electron chi connectivity index (χ1n) is 10.3. The summed E-state index contributed by atoms with van der Waals surface area (Å²) >= 11 is 0. The van der Waals surface area contributed by atoms with Crippen LogP contribution in [0, 0.1) is 11.7 Å². The zero-order valence-corrected chi connectivity index (χ0v) is 20.0. The van der Waals surface area contributed by atoms with Gasteiger partial charge in [-0.3, -0.25) is 9.79 Å². The highest BCUT2D eigenvalue weighted by atomic mass is 127. The molecule has 0 unspecified atom stereocenters. The number of guanidine groups is 1. The molecule has 0 aliphatic heterocycles. The third-order valence-corrected chi connectivity index (χ3v) is 4.83. The minimum absolute atomic E-state index is 0. The molecule has 168 valence electrons. The van der Waals surface area contributed by atoms with Gasteiger partial charge in [0.25, 0.3) is 0 Å². The molecule has 0 saturated heterocycles. The van der Waals surface area contributed by atoms with Crippen LogP contribution in [0.4, 0.5) is 4.39 Å². The molecule has 0 atom stereocenters. The maximum Gasteiger partial charge on any atom is 0.224 e. The lowest BCUT2D eigenvalue weighted by Crippen LogP contribution is -2.41. The summed E-state index contributed by atoms with van der Waals surface area (Å²) in [6.45, 7) is 2.37. The molecule has 1 aliphatic carbocycles. The number of amides is 1. The summed E-state index contributed by atoms with van der Waals surface area (Å²) in [5.74, 6) is 1.85. The second kappa shape index (κ2) is 13.1. The van der Waals surface area contributed by atoms with E-state index in [2.05, 4.69) is 20.9 Å². The largest absolute Gasteiger partial charge is 0.493 e. The SMILES string of the molecule is CN=C(NCCNC(=O)Cc1ccc(F)cc1)NCc1ccccc1OCC1CC1.I. The molecular weight excluding hydrogens is 510 g/mol. The number of halogens is 2. The van der Waals surface area contributed by atoms with Crippen molar-refractivity contribution < 1.29 is 13.9 Å². The van der Waals surface area contributed by atoms with Crippen LogP contribution >= 0.6 is 24.0 Å². The van der Waals surface area contributed by atoms with Gasteiger partial charge in [0.05, 0.1) is 13.0 Å². The summed E-state index contributed by atoms with van der Waals surface area (Å²) in [5, 5.41) is 9.30. The van der Waals surface area contributed by atoms with Crippen molar-refractivity contribution >= 4 is 35.8 Å². The van der Waals surface area contributed by atoms with E-state index in [1.54, 1.807) is 19.2 Å². The van der Waals surface area contributed by atoms with Crippen molar-refractivity contribution in [1.29, 1.82) is 0 Å². The van der Waals surface area contributed by atoms with Crippen molar-refractivity contribution in [3.05, 3.63) is 65.5 Å². The molecule has 0 heterocycles. The van der Waals surface area contributed by atoms with E-state index < -0.39 is 0 Å². The Bertz CT molecular complexity index is 857. The number of carbonyl (C=O) groups excluding carboxylic acids is 1. The fourth-order valence-electron chi connectivity index (χ4n) is 2.92. The number of carbonyl (C=O) groups is 1. The summed E-state index contributed by atoms with van der Waals surface area (Å²) in [4.78, 5) is 16.2. The van der Waals surface area contributed by atoms with Gasteiger partial charge in [-0.05, 0) is 42.5 Å². The molecule has 0 aromatic heterocycles. The summed E-state index contributed by atoms with van der Waals surface area (Å²) in [7, 11) is 1.71. The Morgan fingerprint density at radius 1 is 1.06 bits per heavy atom. The number of ether oxygens (including phenoxy) is 1. The van der Waals surface area contributed by atoms with Crippen molar-refractivity contribution in [2.24, 2.45) is 10.9 Å².